The third-order valence-electron chi connectivity index (χ3n) is 2.33. The Morgan fingerprint density at radius 2 is 2.17 bits per heavy atom. The first kappa shape index (κ1) is 14.8. The monoisotopic (exact) mass is 317 g/mol. The molecule has 0 spiro atoms. The summed E-state index contributed by atoms with van der Waals surface area (Å²) in [6, 6.07) is 2.80. The van der Waals surface area contributed by atoms with Gasteiger partial charge in [-0.3, -0.25) is 4.79 Å². The number of nitrogen functional groups attached to an aromatic ring is 1. The first-order valence-corrected chi connectivity index (χ1v) is 6.59. The summed E-state index contributed by atoms with van der Waals surface area (Å²) >= 11 is 3.09. The Hall–Kier alpha value is -1.30. The summed E-state index contributed by atoms with van der Waals surface area (Å²) < 4.78 is 13.5. The number of carbonyl (C=O) groups is 1. The lowest BCUT2D eigenvalue weighted by Gasteiger charge is -2.10. The van der Waals surface area contributed by atoms with Gasteiger partial charge in [-0.1, -0.05) is 6.92 Å². The van der Waals surface area contributed by atoms with Gasteiger partial charge in [0.15, 0.2) is 0 Å². The van der Waals surface area contributed by atoms with E-state index < -0.39 is 5.82 Å². The van der Waals surface area contributed by atoms with Crippen molar-refractivity contribution in [3.05, 3.63) is 22.4 Å². The molecule has 0 aromatic heterocycles. The zero-order valence-electron chi connectivity index (χ0n) is 10.2. The van der Waals surface area contributed by atoms with Crippen LogP contribution < -0.4 is 16.4 Å². The quantitative estimate of drug-likeness (QED) is 0.706. The van der Waals surface area contributed by atoms with Crippen LogP contribution in [0.15, 0.2) is 16.6 Å². The molecule has 0 saturated heterocycles. The number of rotatable bonds is 6. The second-order valence-corrected chi connectivity index (χ2v) is 4.73. The third kappa shape index (κ3) is 4.52. The van der Waals surface area contributed by atoms with E-state index in [1.54, 1.807) is 6.07 Å². The molecule has 0 saturated carbocycles. The number of anilines is 2. The van der Waals surface area contributed by atoms with Crippen LogP contribution in [0.3, 0.4) is 0 Å². The molecule has 0 heterocycles. The van der Waals surface area contributed by atoms with E-state index in [0.717, 1.165) is 6.42 Å². The summed E-state index contributed by atoms with van der Waals surface area (Å²) in [5, 5.41) is 5.78. The molecule has 4 nitrogen and oxygen atoms in total. The second kappa shape index (κ2) is 7.20. The molecule has 0 bridgehead atoms. The maximum absolute atomic E-state index is 13.1. The minimum Gasteiger partial charge on any atom is -0.397 e. The third-order valence-corrected chi connectivity index (χ3v) is 2.94. The van der Waals surface area contributed by atoms with Crippen molar-refractivity contribution in [2.24, 2.45) is 0 Å². The zero-order valence-corrected chi connectivity index (χ0v) is 11.8. The fourth-order valence-electron chi connectivity index (χ4n) is 1.38. The van der Waals surface area contributed by atoms with E-state index in [2.05, 4.69) is 26.6 Å². The minimum atomic E-state index is -0.404. The molecule has 1 aromatic rings. The largest absolute Gasteiger partial charge is 0.397 e. The summed E-state index contributed by atoms with van der Waals surface area (Å²) in [6.45, 7) is 3.14. The molecule has 0 radical (unpaired) electrons. The standard InChI is InChI=1S/C12H17BrFN3O/c1-2-4-17-12(18)3-5-16-11-6-8(13)9(14)7-10(11)15/h6-7,16H,2-5,15H2,1H3,(H,17,18). The van der Waals surface area contributed by atoms with E-state index in [1.807, 2.05) is 6.92 Å². The Bertz CT molecular complexity index is 426. The van der Waals surface area contributed by atoms with Crippen LogP contribution in [-0.4, -0.2) is 19.0 Å². The van der Waals surface area contributed by atoms with Crippen LogP contribution in [0.5, 0.6) is 0 Å². The topological polar surface area (TPSA) is 67.2 Å². The molecular weight excluding hydrogens is 301 g/mol. The lowest BCUT2D eigenvalue weighted by Crippen LogP contribution is -2.25. The van der Waals surface area contributed by atoms with Crippen molar-refractivity contribution < 1.29 is 9.18 Å². The SMILES string of the molecule is CCCNC(=O)CCNc1cc(Br)c(F)cc1N. The van der Waals surface area contributed by atoms with Crippen molar-refractivity contribution in [1.82, 2.24) is 5.32 Å². The van der Waals surface area contributed by atoms with Gasteiger partial charge in [-0.15, -0.1) is 0 Å². The van der Waals surface area contributed by atoms with Gasteiger partial charge in [0.1, 0.15) is 5.82 Å². The highest BCUT2D eigenvalue weighted by Gasteiger charge is 2.06. The van der Waals surface area contributed by atoms with Crippen molar-refractivity contribution in [2.45, 2.75) is 19.8 Å². The first-order valence-electron chi connectivity index (χ1n) is 5.79. The Labute approximate surface area is 114 Å². The average Bonchev–Trinajstić information content (AvgIpc) is 2.33. The molecule has 0 aliphatic rings. The van der Waals surface area contributed by atoms with Gasteiger partial charge in [0.2, 0.25) is 5.91 Å². The first-order chi connectivity index (χ1) is 8.54. The number of carbonyl (C=O) groups excluding carboxylic acids is 1. The Morgan fingerprint density at radius 1 is 1.44 bits per heavy atom. The molecular formula is C12H17BrFN3O. The zero-order chi connectivity index (χ0) is 13.5. The number of hydrogen-bond acceptors (Lipinski definition) is 3. The van der Waals surface area contributed by atoms with Gasteiger partial charge in [-0.05, 0) is 28.4 Å². The lowest BCUT2D eigenvalue weighted by molar-refractivity contribution is -0.120. The van der Waals surface area contributed by atoms with Gasteiger partial charge < -0.3 is 16.4 Å². The minimum absolute atomic E-state index is 0.0101. The maximum atomic E-state index is 13.1. The molecule has 0 aliphatic carbocycles. The summed E-state index contributed by atoms with van der Waals surface area (Å²) in [4.78, 5) is 11.3. The molecule has 1 aromatic carbocycles. The van der Waals surface area contributed by atoms with Gasteiger partial charge in [0.25, 0.3) is 0 Å². The summed E-state index contributed by atoms with van der Waals surface area (Å²) in [5.74, 6) is -0.414. The smallest absolute Gasteiger partial charge is 0.221 e. The predicted molar refractivity (Wildman–Crippen MR) is 74.9 cm³/mol. The van der Waals surface area contributed by atoms with Crippen LogP contribution in [0.25, 0.3) is 0 Å². The number of nitrogens with two attached hydrogens (primary N) is 1. The molecule has 0 atom stereocenters. The molecule has 100 valence electrons. The van der Waals surface area contributed by atoms with Gasteiger partial charge >= 0.3 is 0 Å². The highest BCUT2D eigenvalue weighted by Crippen LogP contribution is 2.26. The van der Waals surface area contributed by atoms with E-state index in [1.165, 1.54) is 6.07 Å². The fourth-order valence-corrected chi connectivity index (χ4v) is 1.72. The molecule has 6 heteroatoms. The number of nitrogens with one attached hydrogen (secondary N) is 2. The van der Waals surface area contributed by atoms with Gasteiger partial charge in [-0.25, -0.2) is 4.39 Å². The maximum Gasteiger partial charge on any atom is 0.221 e. The average molecular weight is 318 g/mol. The second-order valence-electron chi connectivity index (χ2n) is 3.88. The number of benzene rings is 1. The van der Waals surface area contributed by atoms with Crippen molar-refractivity contribution in [3.8, 4) is 0 Å². The van der Waals surface area contributed by atoms with E-state index in [0.29, 0.717) is 35.4 Å². The number of amides is 1. The summed E-state index contributed by atoms with van der Waals surface area (Å²) in [7, 11) is 0. The van der Waals surface area contributed by atoms with Gasteiger partial charge in [0.05, 0.1) is 15.8 Å². The molecule has 0 aliphatic heterocycles. The number of hydrogen-bond donors (Lipinski definition) is 3. The van der Waals surface area contributed by atoms with E-state index in [9.17, 15) is 9.18 Å². The Balaban J connectivity index is 2.44. The molecule has 4 N–H and O–H groups in total. The molecule has 18 heavy (non-hydrogen) atoms. The van der Waals surface area contributed by atoms with Crippen LogP contribution in [0, 0.1) is 5.82 Å². The molecule has 0 unspecified atom stereocenters. The van der Waals surface area contributed by atoms with E-state index in [-0.39, 0.29) is 5.91 Å². The van der Waals surface area contributed by atoms with Crippen LogP contribution in [-0.2, 0) is 4.79 Å². The summed E-state index contributed by atoms with van der Waals surface area (Å²) in [5.41, 5.74) is 6.60. The fraction of sp³-hybridized carbons (Fsp3) is 0.417. The van der Waals surface area contributed by atoms with Crippen LogP contribution in [0.1, 0.15) is 19.8 Å². The summed E-state index contributed by atoms with van der Waals surface area (Å²) in [6.07, 6.45) is 1.27. The molecule has 1 amide bonds. The van der Waals surface area contributed by atoms with Crippen molar-refractivity contribution in [2.75, 3.05) is 24.1 Å². The van der Waals surface area contributed by atoms with Crippen molar-refractivity contribution in [3.63, 3.8) is 0 Å². The molecule has 0 fully saturated rings. The number of halogens is 2. The van der Waals surface area contributed by atoms with E-state index in [4.69, 9.17) is 5.73 Å². The van der Waals surface area contributed by atoms with Crippen LogP contribution >= 0.6 is 15.9 Å². The Morgan fingerprint density at radius 3 is 2.83 bits per heavy atom. The van der Waals surface area contributed by atoms with E-state index >= 15 is 0 Å². The van der Waals surface area contributed by atoms with Crippen molar-refractivity contribution in [1.29, 1.82) is 0 Å². The van der Waals surface area contributed by atoms with Crippen LogP contribution in [0.4, 0.5) is 15.8 Å². The van der Waals surface area contributed by atoms with Crippen molar-refractivity contribution >= 4 is 33.2 Å². The highest BCUT2D eigenvalue weighted by atomic mass is 79.9. The predicted octanol–water partition coefficient (Wildman–Crippen LogP) is 2.50. The normalized spacial score (nSPS) is 10.2. The van der Waals surface area contributed by atoms with Gasteiger partial charge in [-0.2, -0.15) is 0 Å². The van der Waals surface area contributed by atoms with Gasteiger partial charge in [0, 0.05) is 25.6 Å². The lowest BCUT2D eigenvalue weighted by atomic mass is 10.2. The molecule has 1 rings (SSSR count). The van der Waals surface area contributed by atoms with Crippen LogP contribution in [0.2, 0.25) is 0 Å². The highest BCUT2D eigenvalue weighted by molar-refractivity contribution is 9.10. The Kier molecular flexibility index (Phi) is 5.91.